The third-order valence-corrected chi connectivity index (χ3v) is 3.38. The number of nitro benzene ring substituents is 1. The Hall–Kier alpha value is -2.54. The van der Waals surface area contributed by atoms with E-state index in [2.05, 4.69) is 10.6 Å². The monoisotopic (exact) mass is 319 g/mol. The Labute approximate surface area is 132 Å². The van der Waals surface area contributed by atoms with Gasteiger partial charge >= 0.3 is 0 Å². The van der Waals surface area contributed by atoms with Crippen LogP contribution in [0.4, 0.5) is 21.5 Å². The third-order valence-electron chi connectivity index (χ3n) is 3.17. The molecule has 0 saturated carbocycles. The first-order valence-corrected chi connectivity index (χ1v) is 6.87. The molecule has 0 aliphatic heterocycles. The largest absolute Gasteiger partial charge is 0.332 e. The lowest BCUT2D eigenvalue weighted by molar-refractivity contribution is -0.384. The second-order valence-electron chi connectivity index (χ2n) is 4.80. The number of nitrogens with one attached hydrogen (secondary N) is 2. The Morgan fingerprint density at radius 3 is 2.50 bits per heavy atom. The lowest BCUT2D eigenvalue weighted by atomic mass is 10.1. The summed E-state index contributed by atoms with van der Waals surface area (Å²) in [4.78, 5) is 10.1. The molecule has 0 spiro atoms. The summed E-state index contributed by atoms with van der Waals surface area (Å²) in [5, 5.41) is 16.4. The van der Waals surface area contributed by atoms with Crippen LogP contribution in [0.5, 0.6) is 0 Å². The first-order chi connectivity index (χ1) is 10.4. The van der Waals surface area contributed by atoms with Crippen molar-refractivity contribution in [3.8, 4) is 0 Å². The number of anilines is 2. The van der Waals surface area contributed by atoms with Gasteiger partial charge in [-0.25, -0.2) is 4.39 Å². The molecule has 22 heavy (non-hydrogen) atoms. The van der Waals surface area contributed by atoms with Crippen molar-refractivity contribution in [3.63, 3.8) is 0 Å². The van der Waals surface area contributed by atoms with Crippen LogP contribution in [0.15, 0.2) is 36.4 Å². The quantitative estimate of drug-likeness (QED) is 0.505. The highest BCUT2D eigenvalue weighted by Gasteiger charge is 2.12. The summed E-state index contributed by atoms with van der Waals surface area (Å²) < 4.78 is 13.7. The maximum absolute atomic E-state index is 13.7. The van der Waals surface area contributed by atoms with Crippen molar-refractivity contribution in [1.82, 2.24) is 0 Å². The van der Waals surface area contributed by atoms with Crippen LogP contribution in [-0.4, -0.2) is 10.0 Å². The lowest BCUT2D eigenvalue weighted by Crippen LogP contribution is -2.20. The Morgan fingerprint density at radius 2 is 1.86 bits per heavy atom. The molecule has 0 radical (unpaired) electrons. The van der Waals surface area contributed by atoms with Gasteiger partial charge in [0.25, 0.3) is 5.69 Å². The van der Waals surface area contributed by atoms with Crippen molar-refractivity contribution in [2.75, 3.05) is 10.6 Å². The van der Waals surface area contributed by atoms with Crippen LogP contribution in [-0.2, 0) is 0 Å². The number of rotatable bonds is 3. The van der Waals surface area contributed by atoms with Crippen LogP contribution in [0, 0.1) is 29.8 Å². The fourth-order valence-corrected chi connectivity index (χ4v) is 2.05. The Balaban J connectivity index is 2.13. The number of benzene rings is 2. The number of aryl methyl sites for hydroxylation is 2. The zero-order valence-corrected chi connectivity index (χ0v) is 12.8. The van der Waals surface area contributed by atoms with Gasteiger partial charge in [0.2, 0.25) is 0 Å². The predicted molar refractivity (Wildman–Crippen MR) is 88.8 cm³/mol. The van der Waals surface area contributed by atoms with Gasteiger partial charge in [-0.3, -0.25) is 10.1 Å². The van der Waals surface area contributed by atoms with Crippen LogP contribution in [0.25, 0.3) is 0 Å². The van der Waals surface area contributed by atoms with E-state index in [0.29, 0.717) is 0 Å². The average molecular weight is 319 g/mol. The van der Waals surface area contributed by atoms with E-state index >= 15 is 0 Å². The molecule has 0 heterocycles. The van der Waals surface area contributed by atoms with Crippen LogP contribution in [0.1, 0.15) is 11.1 Å². The number of non-ortho nitro benzene ring substituents is 1. The lowest BCUT2D eigenvalue weighted by Gasteiger charge is -2.12. The van der Waals surface area contributed by atoms with Crippen LogP contribution in [0.3, 0.4) is 0 Å². The molecule has 0 aliphatic rings. The molecule has 0 bridgehead atoms. The van der Waals surface area contributed by atoms with Gasteiger partial charge in [-0.1, -0.05) is 6.07 Å². The summed E-state index contributed by atoms with van der Waals surface area (Å²) in [6.45, 7) is 3.96. The van der Waals surface area contributed by atoms with Gasteiger partial charge < -0.3 is 10.6 Å². The summed E-state index contributed by atoms with van der Waals surface area (Å²) in [5.74, 6) is -0.616. The van der Waals surface area contributed by atoms with E-state index in [4.69, 9.17) is 12.2 Å². The van der Waals surface area contributed by atoms with E-state index in [1.165, 1.54) is 0 Å². The minimum Gasteiger partial charge on any atom is -0.332 e. The molecular weight excluding hydrogens is 305 g/mol. The molecule has 7 heteroatoms. The van der Waals surface area contributed by atoms with E-state index < -0.39 is 10.7 Å². The van der Waals surface area contributed by atoms with E-state index in [1.807, 2.05) is 32.0 Å². The van der Waals surface area contributed by atoms with Crippen molar-refractivity contribution in [1.29, 1.82) is 0 Å². The van der Waals surface area contributed by atoms with Crippen molar-refractivity contribution < 1.29 is 9.31 Å². The smallest absolute Gasteiger partial charge is 0.271 e. The highest BCUT2D eigenvalue weighted by atomic mass is 32.1. The van der Waals surface area contributed by atoms with Crippen molar-refractivity contribution >= 4 is 34.4 Å². The average Bonchev–Trinajstić information content (AvgIpc) is 2.45. The maximum atomic E-state index is 13.7. The minimum atomic E-state index is -0.616. The number of hydrogen-bond donors (Lipinski definition) is 2. The van der Waals surface area contributed by atoms with Gasteiger partial charge in [0.05, 0.1) is 10.6 Å². The van der Waals surface area contributed by atoms with Crippen LogP contribution in [0.2, 0.25) is 0 Å². The Kier molecular flexibility index (Phi) is 4.67. The molecule has 2 N–H and O–H groups in total. The zero-order chi connectivity index (χ0) is 16.3. The molecule has 5 nitrogen and oxygen atoms in total. The molecule has 0 aliphatic carbocycles. The minimum absolute atomic E-state index is 0.0458. The molecule has 0 atom stereocenters. The van der Waals surface area contributed by atoms with Crippen molar-refractivity contribution in [2.45, 2.75) is 13.8 Å². The van der Waals surface area contributed by atoms with Crippen molar-refractivity contribution in [2.24, 2.45) is 0 Å². The molecule has 2 rings (SSSR count). The van der Waals surface area contributed by atoms with Gasteiger partial charge in [0, 0.05) is 17.8 Å². The third kappa shape index (κ3) is 3.76. The molecule has 114 valence electrons. The Morgan fingerprint density at radius 1 is 1.14 bits per heavy atom. The molecule has 0 amide bonds. The van der Waals surface area contributed by atoms with Gasteiger partial charge in [0.1, 0.15) is 5.82 Å². The number of hydrogen-bond acceptors (Lipinski definition) is 3. The molecule has 2 aromatic carbocycles. The number of halogens is 1. The second-order valence-corrected chi connectivity index (χ2v) is 5.21. The second kappa shape index (κ2) is 6.48. The summed E-state index contributed by atoms with van der Waals surface area (Å²) in [6, 6.07) is 8.92. The maximum Gasteiger partial charge on any atom is 0.271 e. The fraction of sp³-hybridized carbons (Fsp3) is 0.133. The van der Waals surface area contributed by atoms with Gasteiger partial charge in [-0.2, -0.15) is 0 Å². The number of nitrogens with zero attached hydrogens (tertiary/aromatic N) is 1. The van der Waals surface area contributed by atoms with Gasteiger partial charge in [-0.15, -0.1) is 0 Å². The van der Waals surface area contributed by atoms with E-state index in [9.17, 15) is 14.5 Å². The number of nitro groups is 1. The molecular formula is C15H14FN3O2S. The van der Waals surface area contributed by atoms with Crippen LogP contribution < -0.4 is 10.6 Å². The summed E-state index contributed by atoms with van der Waals surface area (Å²) in [7, 11) is 0. The molecule has 0 aromatic heterocycles. The SMILES string of the molecule is Cc1ccc(NC(=S)Nc2cc([N+](=O)[O-])ccc2F)cc1C. The molecule has 2 aromatic rings. The van der Waals surface area contributed by atoms with Crippen molar-refractivity contribution in [3.05, 3.63) is 63.5 Å². The molecule has 0 unspecified atom stereocenters. The standard InChI is InChI=1S/C15H14FN3O2S/c1-9-3-4-11(7-10(9)2)17-15(22)18-14-8-12(19(20)21)5-6-13(14)16/h3-8H,1-2H3,(H2,17,18,22). The van der Waals surface area contributed by atoms with E-state index in [-0.39, 0.29) is 16.5 Å². The number of thiocarbonyl (C=S) groups is 1. The predicted octanol–water partition coefficient (Wildman–Crippen LogP) is 4.16. The molecule has 0 fully saturated rings. The van der Waals surface area contributed by atoms with E-state index in [0.717, 1.165) is 35.0 Å². The normalized spacial score (nSPS) is 10.1. The fourth-order valence-electron chi connectivity index (χ4n) is 1.83. The summed E-state index contributed by atoms with van der Waals surface area (Å²) in [5.41, 5.74) is 2.74. The van der Waals surface area contributed by atoms with E-state index in [1.54, 1.807) is 0 Å². The highest BCUT2D eigenvalue weighted by Crippen LogP contribution is 2.22. The highest BCUT2D eigenvalue weighted by molar-refractivity contribution is 7.80. The van der Waals surface area contributed by atoms with Gasteiger partial charge in [-0.05, 0) is 55.4 Å². The summed E-state index contributed by atoms with van der Waals surface area (Å²) >= 11 is 5.10. The van der Waals surface area contributed by atoms with Gasteiger partial charge in [0.15, 0.2) is 5.11 Å². The topological polar surface area (TPSA) is 67.2 Å². The Bertz CT molecular complexity index is 750. The first kappa shape index (κ1) is 15.8. The zero-order valence-electron chi connectivity index (χ0n) is 12.0. The molecule has 0 saturated heterocycles. The van der Waals surface area contributed by atoms with Crippen LogP contribution >= 0.6 is 12.2 Å². The summed E-state index contributed by atoms with van der Waals surface area (Å²) in [6.07, 6.45) is 0. The first-order valence-electron chi connectivity index (χ1n) is 6.46.